The standard InChI is InChI=1S/C63H79N19O14/c1-93-48-20-15-34(27-39(48)53(65)85)77-58(90)47(13-8-26-74-63(70)71)82-56(88)42-30-37(18-23-51(42)96-32-52(83)84)79-60(92)46(12-7-25-73-62(68)69)81-55(87)41-29-36(17-22-50(41)95-3)78-59(91)45(11-6-24-72-61(66)67)80-54(86)40-28-35(16-21-49(40)94-2)76-57(89)43(64)19-14-33-31-75-44-10-5-4-9-38(33)44/h4-5,9-10,15-18,20-23,27-31,43,45-47,75H,6-8,11-14,19,24-26,32,64H2,1-3H3,(H2,65,85)(H,76,89)(H,77,90)(H,78,91)(H,79,92)(H,80,86)(H,81,87)(H,82,88)(H,83,84)(H4,66,67,72)(H4,68,69,73)(H4,70,71,74). The summed E-state index contributed by atoms with van der Waals surface area (Å²) in [6, 6.07) is 18.9. The van der Waals surface area contributed by atoms with Crippen LogP contribution in [0, 0.1) is 16.2 Å². The maximum Gasteiger partial charge on any atom is 0.341 e. The van der Waals surface area contributed by atoms with Crippen molar-refractivity contribution in [3.63, 3.8) is 0 Å². The Kier molecular flexibility index (Phi) is 27.0. The number of aromatic nitrogens is 1. The molecule has 8 amide bonds. The number of carbonyl (C=O) groups excluding carboxylic acids is 8. The number of primary amides is 1. The average Bonchev–Trinajstić information content (AvgIpc) is 1.06. The number of carboxylic acids is 1. The molecule has 0 fully saturated rings. The van der Waals surface area contributed by atoms with E-state index in [0.717, 1.165) is 22.5 Å². The fourth-order valence-corrected chi connectivity index (χ4v) is 9.76. The minimum Gasteiger partial charge on any atom is -0.496 e. The van der Waals surface area contributed by atoms with Gasteiger partial charge in [-0.2, -0.15) is 0 Å². The predicted molar refractivity (Wildman–Crippen MR) is 357 cm³/mol. The van der Waals surface area contributed by atoms with E-state index in [-0.39, 0.29) is 144 Å². The monoisotopic (exact) mass is 1330 g/mol. The van der Waals surface area contributed by atoms with Gasteiger partial charge in [-0.3, -0.25) is 54.6 Å². The van der Waals surface area contributed by atoms with E-state index in [9.17, 15) is 48.3 Å². The molecule has 0 radical (unpaired) electrons. The molecule has 0 saturated carbocycles. The van der Waals surface area contributed by atoms with Gasteiger partial charge in [0.1, 0.15) is 41.1 Å². The highest BCUT2D eigenvalue weighted by Gasteiger charge is 2.29. The fourth-order valence-electron chi connectivity index (χ4n) is 9.76. The summed E-state index contributed by atoms with van der Waals surface area (Å²) in [6.45, 7) is -0.607. The molecular formula is C63H79N19O14. The molecular weight excluding hydrogens is 1250 g/mol. The first-order valence-corrected chi connectivity index (χ1v) is 29.9. The van der Waals surface area contributed by atoms with Crippen LogP contribution in [-0.4, -0.2) is 153 Å². The number of hydrogen-bond acceptors (Lipinski definition) is 17. The third-order valence-corrected chi connectivity index (χ3v) is 14.6. The molecule has 5 aromatic carbocycles. The maximum absolute atomic E-state index is 14.5. The Bertz CT molecular complexity index is 3860. The Morgan fingerprint density at radius 2 is 0.854 bits per heavy atom. The number of para-hydroxylation sites is 1. The SMILES string of the molecule is COc1ccc(NC(=O)C(CCCNC(=N)N)NC(=O)c2cc(NC(=O)C(CCCNC(=N)N)NC(=O)c3cc(NC(=O)C(CCCNC(=N)N)NC(=O)c4cc(NC(=O)C(N)CCc5c[nH]c6ccccc56)ccc4OC)ccc3OC)ccc2OCC(=O)O)cc1C(N)=O. The number of carbonyl (C=O) groups is 9. The van der Waals surface area contributed by atoms with Crippen molar-refractivity contribution in [2.24, 2.45) is 28.7 Å². The summed E-state index contributed by atoms with van der Waals surface area (Å²) >= 11 is 0. The number of aliphatic carboxylic acids is 1. The minimum atomic E-state index is -1.41. The van der Waals surface area contributed by atoms with Crippen LogP contribution in [0.15, 0.2) is 103 Å². The first-order valence-electron chi connectivity index (χ1n) is 29.9. The van der Waals surface area contributed by atoms with Crippen molar-refractivity contribution in [3.8, 4) is 23.0 Å². The van der Waals surface area contributed by atoms with E-state index in [2.05, 4.69) is 58.2 Å². The first-order chi connectivity index (χ1) is 45.9. The van der Waals surface area contributed by atoms with Crippen LogP contribution in [0.3, 0.4) is 0 Å². The average molecular weight is 1330 g/mol. The number of anilines is 4. The fraction of sp³-hybridized carbons (Fsp3) is 0.302. The predicted octanol–water partition coefficient (Wildman–Crippen LogP) is 1.66. The van der Waals surface area contributed by atoms with Crippen LogP contribution in [0.1, 0.15) is 91.9 Å². The molecule has 33 heteroatoms. The van der Waals surface area contributed by atoms with Gasteiger partial charge in [0.15, 0.2) is 24.5 Å². The molecule has 0 bridgehead atoms. The first kappa shape index (κ1) is 72.9. The van der Waals surface area contributed by atoms with Crippen LogP contribution in [-0.2, 0) is 30.4 Å². The van der Waals surface area contributed by atoms with Crippen LogP contribution in [0.25, 0.3) is 10.9 Å². The number of aryl methyl sites for hydroxylation is 1. The summed E-state index contributed by atoms with van der Waals surface area (Å²) in [5.74, 6) is -8.94. The topological polar surface area (TPSA) is 549 Å². The molecule has 0 aliphatic rings. The molecule has 0 aliphatic carbocycles. The molecule has 33 nitrogen and oxygen atoms in total. The summed E-state index contributed by atoms with van der Waals surface area (Å²) in [5.41, 5.74) is 29.9. The number of carboxylic acid groups (broad SMARTS) is 1. The Hall–Kier alpha value is -12.2. The highest BCUT2D eigenvalue weighted by Crippen LogP contribution is 2.29. The van der Waals surface area contributed by atoms with E-state index in [1.807, 2.05) is 30.5 Å². The van der Waals surface area contributed by atoms with Gasteiger partial charge < -0.3 is 111 Å². The van der Waals surface area contributed by atoms with Crippen molar-refractivity contribution in [3.05, 3.63) is 131 Å². The minimum absolute atomic E-state index is 0.00788. The number of ether oxygens (including phenoxy) is 4. The van der Waals surface area contributed by atoms with E-state index in [0.29, 0.717) is 12.8 Å². The number of fused-ring (bicyclic) bond motifs is 1. The van der Waals surface area contributed by atoms with E-state index in [1.54, 1.807) is 0 Å². The highest BCUT2D eigenvalue weighted by molar-refractivity contribution is 6.08. The molecule has 0 aliphatic heterocycles. The number of nitrogens with two attached hydrogens (primary N) is 5. The van der Waals surface area contributed by atoms with Crippen molar-refractivity contribution in [2.75, 3.05) is 68.8 Å². The molecule has 0 spiro atoms. The third kappa shape index (κ3) is 21.7. The molecule has 1 aromatic heterocycles. The normalized spacial score (nSPS) is 12.0. The number of amides is 8. The lowest BCUT2D eigenvalue weighted by molar-refractivity contribution is -0.139. The van der Waals surface area contributed by atoms with Gasteiger partial charge in [-0.1, -0.05) is 18.2 Å². The Morgan fingerprint density at radius 3 is 1.24 bits per heavy atom. The summed E-state index contributed by atoms with van der Waals surface area (Å²) in [6.07, 6.45) is 3.00. The molecule has 25 N–H and O–H groups in total. The molecule has 4 atom stereocenters. The summed E-state index contributed by atoms with van der Waals surface area (Å²) < 4.78 is 21.7. The second kappa shape index (κ2) is 35.6. The number of hydrogen-bond donors (Lipinski definition) is 20. The van der Waals surface area contributed by atoms with E-state index < -0.39 is 84.0 Å². The van der Waals surface area contributed by atoms with Crippen LogP contribution in [0.2, 0.25) is 0 Å². The number of H-pyrrole nitrogens is 1. The highest BCUT2D eigenvalue weighted by atomic mass is 16.5. The van der Waals surface area contributed by atoms with Crippen molar-refractivity contribution in [1.82, 2.24) is 36.9 Å². The number of guanidine groups is 3. The largest absolute Gasteiger partial charge is 0.496 e. The second-order valence-electron chi connectivity index (χ2n) is 21.5. The third-order valence-electron chi connectivity index (χ3n) is 14.6. The zero-order chi connectivity index (χ0) is 70.0. The lowest BCUT2D eigenvalue weighted by Crippen LogP contribution is -2.45. The number of nitrogens with one attached hydrogen (secondary N) is 14. The number of methoxy groups -OCH3 is 3. The van der Waals surface area contributed by atoms with Gasteiger partial charge in [0.25, 0.3) is 23.6 Å². The molecule has 0 saturated heterocycles. The van der Waals surface area contributed by atoms with Gasteiger partial charge in [0.05, 0.1) is 49.6 Å². The molecule has 4 unspecified atom stereocenters. The number of benzene rings is 5. The van der Waals surface area contributed by atoms with Gasteiger partial charge >= 0.3 is 5.97 Å². The van der Waals surface area contributed by atoms with E-state index in [1.165, 1.54) is 88.1 Å². The van der Waals surface area contributed by atoms with Crippen molar-refractivity contribution >= 4 is 105 Å². The summed E-state index contributed by atoms with van der Waals surface area (Å²) in [5, 5.41) is 59.9. The van der Waals surface area contributed by atoms with Gasteiger partial charge in [-0.15, -0.1) is 0 Å². The molecule has 6 rings (SSSR count). The van der Waals surface area contributed by atoms with Gasteiger partial charge in [0.2, 0.25) is 23.6 Å². The lowest BCUT2D eigenvalue weighted by atomic mass is 10.0. The second-order valence-corrected chi connectivity index (χ2v) is 21.5. The Morgan fingerprint density at radius 1 is 0.490 bits per heavy atom. The molecule has 1 heterocycles. The van der Waals surface area contributed by atoms with Crippen LogP contribution in [0.5, 0.6) is 23.0 Å². The van der Waals surface area contributed by atoms with E-state index in [4.69, 9.17) is 63.8 Å². The Balaban J connectivity index is 1.21. The quantitative estimate of drug-likeness (QED) is 0.0151. The van der Waals surface area contributed by atoms with Gasteiger partial charge in [-0.05, 0) is 136 Å². The van der Waals surface area contributed by atoms with Crippen molar-refractivity contribution in [2.45, 2.75) is 75.5 Å². The van der Waals surface area contributed by atoms with Crippen molar-refractivity contribution in [1.29, 1.82) is 16.2 Å². The van der Waals surface area contributed by atoms with Crippen LogP contribution >= 0.6 is 0 Å². The molecule has 96 heavy (non-hydrogen) atoms. The van der Waals surface area contributed by atoms with Gasteiger partial charge in [0, 0.05) is 59.5 Å². The zero-order valence-electron chi connectivity index (χ0n) is 52.8. The van der Waals surface area contributed by atoms with Crippen LogP contribution < -0.4 is 101 Å². The van der Waals surface area contributed by atoms with E-state index >= 15 is 0 Å². The van der Waals surface area contributed by atoms with Crippen molar-refractivity contribution < 1.29 is 67.2 Å². The molecule has 6 aromatic rings. The molecule has 510 valence electrons. The number of aromatic amines is 1. The van der Waals surface area contributed by atoms with Gasteiger partial charge in [-0.25, -0.2) is 4.79 Å². The summed E-state index contributed by atoms with van der Waals surface area (Å²) in [4.78, 5) is 126. The maximum atomic E-state index is 14.5. The lowest BCUT2D eigenvalue weighted by Gasteiger charge is -2.22. The van der Waals surface area contributed by atoms with Crippen LogP contribution in [0.4, 0.5) is 22.7 Å². The zero-order valence-corrected chi connectivity index (χ0v) is 52.8. The number of rotatable bonds is 36. The summed E-state index contributed by atoms with van der Waals surface area (Å²) in [7, 11) is 3.93. The smallest absolute Gasteiger partial charge is 0.341 e. The Labute approximate surface area is 550 Å².